The van der Waals surface area contributed by atoms with Crippen LogP contribution in [0.3, 0.4) is 0 Å². The van der Waals surface area contributed by atoms with Gasteiger partial charge in [-0.15, -0.1) is 0 Å². The van der Waals surface area contributed by atoms with Crippen molar-refractivity contribution in [1.29, 1.82) is 0 Å². The molecule has 126 valence electrons. The van der Waals surface area contributed by atoms with E-state index < -0.39 is 0 Å². The second-order valence-corrected chi connectivity index (χ2v) is 6.08. The number of carbonyl (C=O) groups is 1. The molecule has 0 saturated carbocycles. The summed E-state index contributed by atoms with van der Waals surface area (Å²) < 4.78 is 0. The monoisotopic (exact) mass is 325 g/mol. The van der Waals surface area contributed by atoms with Crippen LogP contribution in [0.2, 0.25) is 0 Å². The van der Waals surface area contributed by atoms with Crippen LogP contribution in [0.15, 0.2) is 54.9 Å². The number of aromatic nitrogens is 1. The number of amides is 1. The van der Waals surface area contributed by atoms with Crippen LogP contribution in [-0.4, -0.2) is 52.7 Å². The van der Waals surface area contributed by atoms with Gasteiger partial charge >= 0.3 is 0 Å². The van der Waals surface area contributed by atoms with Gasteiger partial charge in [-0.1, -0.05) is 30.3 Å². The van der Waals surface area contributed by atoms with Crippen LogP contribution < -0.4 is 5.32 Å². The molecule has 1 aromatic heterocycles. The summed E-state index contributed by atoms with van der Waals surface area (Å²) in [6, 6.07) is 13.9. The molecule has 2 aromatic rings. The van der Waals surface area contributed by atoms with E-state index in [1.54, 1.807) is 24.5 Å². The summed E-state index contributed by atoms with van der Waals surface area (Å²) in [5.74, 6) is 0.233. The molecule has 5 heteroatoms. The maximum Gasteiger partial charge on any atom is 0.254 e. The van der Waals surface area contributed by atoms with Gasteiger partial charge in [0.2, 0.25) is 0 Å². The molecule has 0 bridgehead atoms. The molecule has 0 aliphatic carbocycles. The summed E-state index contributed by atoms with van der Waals surface area (Å²) in [7, 11) is 0. The van der Waals surface area contributed by atoms with Crippen molar-refractivity contribution in [1.82, 2.24) is 15.2 Å². The van der Waals surface area contributed by atoms with Crippen molar-refractivity contribution in [2.45, 2.75) is 24.9 Å². The maximum absolute atomic E-state index is 12.7. The molecule has 1 saturated heterocycles. The summed E-state index contributed by atoms with van der Waals surface area (Å²) in [5.41, 5.74) is 1.86. The molecule has 1 aliphatic heterocycles. The first kappa shape index (κ1) is 16.6. The zero-order valence-electron chi connectivity index (χ0n) is 13.8. The fourth-order valence-electron chi connectivity index (χ4n) is 3.39. The third-order valence-electron chi connectivity index (χ3n) is 4.69. The lowest BCUT2D eigenvalue weighted by atomic mass is 9.77. The fraction of sp³-hybridized carbons (Fsp3) is 0.368. The van der Waals surface area contributed by atoms with Gasteiger partial charge < -0.3 is 15.3 Å². The molecule has 2 N–H and O–H groups in total. The maximum atomic E-state index is 12.7. The number of aliphatic hydroxyl groups excluding tert-OH is 1. The first-order valence-electron chi connectivity index (χ1n) is 8.35. The van der Waals surface area contributed by atoms with E-state index in [2.05, 4.69) is 22.4 Å². The molecule has 24 heavy (non-hydrogen) atoms. The highest BCUT2D eigenvalue weighted by Crippen LogP contribution is 2.32. The zero-order chi connectivity index (χ0) is 16.9. The fourth-order valence-corrected chi connectivity index (χ4v) is 3.39. The van der Waals surface area contributed by atoms with E-state index in [0.29, 0.717) is 18.7 Å². The third-order valence-corrected chi connectivity index (χ3v) is 4.69. The number of nitrogens with one attached hydrogen (secondary N) is 1. The van der Waals surface area contributed by atoms with Crippen molar-refractivity contribution in [3.05, 3.63) is 66.0 Å². The van der Waals surface area contributed by atoms with Crippen molar-refractivity contribution in [3.8, 4) is 0 Å². The molecule has 1 amide bonds. The van der Waals surface area contributed by atoms with Gasteiger partial charge in [0.1, 0.15) is 0 Å². The number of nitrogens with zero attached hydrogens (tertiary/aromatic N) is 2. The lowest BCUT2D eigenvalue weighted by Gasteiger charge is -2.47. The van der Waals surface area contributed by atoms with E-state index in [9.17, 15) is 9.90 Å². The molecule has 0 radical (unpaired) electrons. The molecule has 0 spiro atoms. The Bertz CT molecular complexity index is 663. The van der Waals surface area contributed by atoms with Crippen LogP contribution in [0.1, 0.15) is 28.8 Å². The molecule has 3 rings (SSSR count). The average molecular weight is 325 g/mol. The van der Waals surface area contributed by atoms with Crippen LogP contribution in [0.25, 0.3) is 0 Å². The number of benzene rings is 1. The standard InChI is InChI=1S/C19H23N3O2/c1-2-22(19(24)15-8-10-20-11-9-15)12-16-18(17(13-23)21-16)14-6-4-3-5-7-14/h3-11,16-18,21,23H,2,12-13H2,1H3/t16-,17-,18+/m1/s1. The topological polar surface area (TPSA) is 65.5 Å². The van der Waals surface area contributed by atoms with Crippen molar-refractivity contribution in [3.63, 3.8) is 0 Å². The van der Waals surface area contributed by atoms with Crippen LogP contribution in [-0.2, 0) is 0 Å². The van der Waals surface area contributed by atoms with Gasteiger partial charge in [-0.05, 0) is 24.6 Å². The van der Waals surface area contributed by atoms with Gasteiger partial charge in [0.05, 0.1) is 6.61 Å². The Morgan fingerprint density at radius 1 is 1.17 bits per heavy atom. The largest absolute Gasteiger partial charge is 0.395 e. The van der Waals surface area contributed by atoms with Crippen LogP contribution in [0.5, 0.6) is 0 Å². The number of hydrogen-bond donors (Lipinski definition) is 2. The van der Waals surface area contributed by atoms with Crippen molar-refractivity contribution in [2.24, 2.45) is 0 Å². The molecular formula is C19H23N3O2. The van der Waals surface area contributed by atoms with Crippen molar-refractivity contribution < 1.29 is 9.90 Å². The van der Waals surface area contributed by atoms with Gasteiger partial charge in [0.25, 0.3) is 5.91 Å². The first-order valence-corrected chi connectivity index (χ1v) is 8.35. The van der Waals surface area contributed by atoms with Crippen molar-refractivity contribution >= 4 is 5.91 Å². The summed E-state index contributed by atoms with van der Waals surface area (Å²) >= 11 is 0. The molecule has 1 fully saturated rings. The first-order chi connectivity index (χ1) is 11.7. The SMILES string of the molecule is CCN(C[C@H]1N[C@H](CO)[C@H]1c1ccccc1)C(=O)c1ccncc1. The normalized spacial score (nSPS) is 22.7. The van der Waals surface area contributed by atoms with E-state index in [1.165, 1.54) is 5.56 Å². The molecule has 5 nitrogen and oxygen atoms in total. The number of carbonyl (C=O) groups excluding carboxylic acids is 1. The zero-order valence-corrected chi connectivity index (χ0v) is 13.8. The Balaban J connectivity index is 1.72. The van der Waals surface area contributed by atoms with Gasteiger partial charge in [0, 0.05) is 49.0 Å². The smallest absolute Gasteiger partial charge is 0.254 e. The Morgan fingerprint density at radius 3 is 2.50 bits per heavy atom. The van der Waals surface area contributed by atoms with E-state index >= 15 is 0 Å². The lowest BCUT2D eigenvalue weighted by molar-refractivity contribution is 0.0641. The predicted octanol–water partition coefficient (Wildman–Crippen LogP) is 1.66. The number of aliphatic hydroxyl groups is 1. The van der Waals surface area contributed by atoms with E-state index in [-0.39, 0.29) is 30.5 Å². The molecule has 1 aromatic carbocycles. The lowest BCUT2D eigenvalue weighted by Crippen LogP contribution is -2.65. The molecule has 1 aliphatic rings. The van der Waals surface area contributed by atoms with Crippen LogP contribution >= 0.6 is 0 Å². The van der Waals surface area contributed by atoms with Gasteiger partial charge in [-0.25, -0.2) is 0 Å². The minimum atomic E-state index is 0.0148. The minimum Gasteiger partial charge on any atom is -0.395 e. The van der Waals surface area contributed by atoms with Gasteiger partial charge in [-0.2, -0.15) is 0 Å². The molecular weight excluding hydrogens is 302 g/mol. The highest BCUT2D eigenvalue weighted by Gasteiger charge is 2.41. The van der Waals surface area contributed by atoms with E-state index in [0.717, 1.165) is 0 Å². The van der Waals surface area contributed by atoms with E-state index in [1.807, 2.05) is 30.0 Å². The Hall–Kier alpha value is -2.24. The minimum absolute atomic E-state index is 0.0148. The summed E-state index contributed by atoms with van der Waals surface area (Å²) in [4.78, 5) is 18.5. The van der Waals surface area contributed by atoms with Crippen molar-refractivity contribution in [2.75, 3.05) is 19.7 Å². The molecule has 0 unspecified atom stereocenters. The molecule has 3 atom stereocenters. The summed E-state index contributed by atoms with van der Waals surface area (Å²) in [6.45, 7) is 3.34. The molecule has 2 heterocycles. The number of pyridine rings is 1. The van der Waals surface area contributed by atoms with Crippen LogP contribution in [0.4, 0.5) is 0 Å². The Labute approximate surface area is 142 Å². The van der Waals surface area contributed by atoms with Gasteiger partial charge in [0.15, 0.2) is 0 Å². The predicted molar refractivity (Wildman–Crippen MR) is 92.8 cm³/mol. The number of hydrogen-bond acceptors (Lipinski definition) is 4. The number of rotatable bonds is 6. The summed E-state index contributed by atoms with van der Waals surface area (Å²) in [6.07, 6.45) is 3.27. The third kappa shape index (κ3) is 3.32. The Morgan fingerprint density at radius 2 is 1.88 bits per heavy atom. The highest BCUT2D eigenvalue weighted by molar-refractivity contribution is 5.94. The van der Waals surface area contributed by atoms with E-state index in [4.69, 9.17) is 0 Å². The summed E-state index contributed by atoms with van der Waals surface area (Å²) in [5, 5.41) is 13.0. The van der Waals surface area contributed by atoms with Gasteiger partial charge in [-0.3, -0.25) is 9.78 Å². The quantitative estimate of drug-likeness (QED) is 0.848. The number of likely N-dealkylation sites (N-methyl/N-ethyl adjacent to an activating group) is 1. The second kappa shape index (κ2) is 7.55. The highest BCUT2D eigenvalue weighted by atomic mass is 16.3. The van der Waals surface area contributed by atoms with Crippen LogP contribution in [0, 0.1) is 0 Å². The second-order valence-electron chi connectivity index (χ2n) is 6.08. The Kier molecular flexibility index (Phi) is 5.23. The average Bonchev–Trinajstić information content (AvgIpc) is 2.62.